The van der Waals surface area contributed by atoms with Crippen LogP contribution < -0.4 is 5.32 Å². The summed E-state index contributed by atoms with van der Waals surface area (Å²) >= 11 is 5.74. The van der Waals surface area contributed by atoms with Crippen LogP contribution in [0.5, 0.6) is 0 Å². The van der Waals surface area contributed by atoms with Crippen molar-refractivity contribution >= 4 is 23.5 Å². The molecule has 20 heavy (non-hydrogen) atoms. The number of nitrogens with one attached hydrogen (secondary N) is 1. The first-order valence-corrected chi connectivity index (χ1v) is 6.60. The van der Waals surface area contributed by atoms with Crippen molar-refractivity contribution < 1.29 is 19.1 Å². The van der Waals surface area contributed by atoms with Gasteiger partial charge in [-0.25, -0.2) is 9.18 Å². The summed E-state index contributed by atoms with van der Waals surface area (Å²) < 4.78 is 13.9. The van der Waals surface area contributed by atoms with E-state index in [1.165, 1.54) is 12.1 Å². The van der Waals surface area contributed by atoms with Gasteiger partial charge in [0.1, 0.15) is 6.04 Å². The maximum absolute atomic E-state index is 13.9. The Hall–Kier alpha value is -1.62. The van der Waals surface area contributed by atoms with Gasteiger partial charge in [0.25, 0.3) is 5.91 Å². The Bertz CT molecular complexity index is 531. The Morgan fingerprint density at radius 3 is 2.50 bits per heavy atom. The Labute approximate surface area is 121 Å². The average Bonchev–Trinajstić information content (AvgIpc) is 2.34. The van der Waals surface area contributed by atoms with Crippen LogP contribution in [-0.4, -0.2) is 23.0 Å². The van der Waals surface area contributed by atoms with Gasteiger partial charge in [-0.3, -0.25) is 4.79 Å². The van der Waals surface area contributed by atoms with Crippen LogP contribution in [0.1, 0.15) is 36.2 Å². The molecule has 1 aromatic rings. The van der Waals surface area contributed by atoms with Gasteiger partial charge in [0, 0.05) is 0 Å². The number of amides is 1. The van der Waals surface area contributed by atoms with E-state index in [4.69, 9.17) is 16.7 Å². The van der Waals surface area contributed by atoms with Gasteiger partial charge >= 0.3 is 5.97 Å². The number of carboxylic acids is 1. The summed E-state index contributed by atoms with van der Waals surface area (Å²) in [6, 6.07) is 1.75. The molecule has 0 fully saturated rings. The van der Waals surface area contributed by atoms with Crippen molar-refractivity contribution in [1.82, 2.24) is 5.32 Å². The zero-order valence-corrected chi connectivity index (χ0v) is 12.3. The summed E-state index contributed by atoms with van der Waals surface area (Å²) in [5.41, 5.74) is 0.258. The molecule has 2 N–H and O–H groups in total. The molecule has 0 bridgehead atoms. The first kappa shape index (κ1) is 16.4. The number of rotatable bonds is 5. The Morgan fingerprint density at radius 1 is 1.40 bits per heavy atom. The van der Waals surface area contributed by atoms with Crippen molar-refractivity contribution in [2.45, 2.75) is 33.2 Å². The van der Waals surface area contributed by atoms with Crippen LogP contribution in [0.3, 0.4) is 0 Å². The minimum absolute atomic E-state index is 0.0860. The molecule has 0 saturated heterocycles. The maximum atomic E-state index is 13.9. The molecule has 1 rings (SSSR count). The van der Waals surface area contributed by atoms with Crippen molar-refractivity contribution in [1.29, 1.82) is 0 Å². The number of aliphatic carboxylic acids is 1. The maximum Gasteiger partial charge on any atom is 0.326 e. The number of carboxylic acid groups (broad SMARTS) is 1. The third-order valence-corrected chi connectivity index (χ3v) is 3.29. The normalized spacial score (nSPS) is 12.3. The third-order valence-electron chi connectivity index (χ3n) is 2.83. The highest BCUT2D eigenvalue weighted by molar-refractivity contribution is 6.31. The van der Waals surface area contributed by atoms with Crippen LogP contribution in [0.4, 0.5) is 4.39 Å². The molecule has 1 unspecified atom stereocenters. The zero-order valence-electron chi connectivity index (χ0n) is 11.5. The van der Waals surface area contributed by atoms with Gasteiger partial charge in [-0.1, -0.05) is 31.5 Å². The SMILES string of the molecule is Cc1ccc(C(=O)NC(CC(C)C)C(=O)O)c(F)c1Cl. The number of hydrogen-bond donors (Lipinski definition) is 2. The largest absolute Gasteiger partial charge is 0.480 e. The first-order chi connectivity index (χ1) is 9.23. The van der Waals surface area contributed by atoms with Crippen LogP contribution in [0.15, 0.2) is 12.1 Å². The lowest BCUT2D eigenvalue weighted by atomic mass is 10.0. The van der Waals surface area contributed by atoms with E-state index in [0.29, 0.717) is 5.56 Å². The summed E-state index contributed by atoms with van der Waals surface area (Å²) in [6.07, 6.45) is 0.266. The fraction of sp³-hybridized carbons (Fsp3) is 0.429. The number of halogens is 2. The van der Waals surface area contributed by atoms with Crippen molar-refractivity contribution in [2.75, 3.05) is 0 Å². The molecule has 1 amide bonds. The van der Waals surface area contributed by atoms with Gasteiger partial charge in [-0.05, 0) is 30.9 Å². The quantitative estimate of drug-likeness (QED) is 0.878. The molecule has 0 radical (unpaired) electrons. The summed E-state index contributed by atoms with van der Waals surface area (Å²) in [7, 11) is 0. The van der Waals surface area contributed by atoms with E-state index in [2.05, 4.69) is 5.32 Å². The highest BCUT2D eigenvalue weighted by Gasteiger charge is 2.24. The number of aryl methyl sites for hydroxylation is 1. The van der Waals surface area contributed by atoms with E-state index < -0.39 is 23.7 Å². The molecule has 1 aromatic carbocycles. The fourth-order valence-electron chi connectivity index (χ4n) is 1.75. The second-order valence-electron chi connectivity index (χ2n) is 5.05. The molecule has 4 nitrogen and oxygen atoms in total. The van der Waals surface area contributed by atoms with Gasteiger partial charge in [-0.2, -0.15) is 0 Å². The van der Waals surface area contributed by atoms with Crippen LogP contribution in [0.2, 0.25) is 5.02 Å². The van der Waals surface area contributed by atoms with Gasteiger partial charge < -0.3 is 10.4 Å². The minimum atomic E-state index is -1.15. The molecule has 6 heteroatoms. The molecule has 0 saturated carbocycles. The van der Waals surface area contributed by atoms with E-state index in [9.17, 15) is 14.0 Å². The molecular formula is C14H17ClFNO3. The highest BCUT2D eigenvalue weighted by Crippen LogP contribution is 2.22. The van der Waals surface area contributed by atoms with Gasteiger partial charge in [-0.15, -0.1) is 0 Å². The minimum Gasteiger partial charge on any atom is -0.480 e. The molecule has 1 atom stereocenters. The molecular weight excluding hydrogens is 285 g/mol. The molecule has 0 spiro atoms. The summed E-state index contributed by atoms with van der Waals surface area (Å²) in [5.74, 6) is -2.68. The van der Waals surface area contributed by atoms with E-state index in [1.807, 2.05) is 13.8 Å². The highest BCUT2D eigenvalue weighted by atomic mass is 35.5. The van der Waals surface area contributed by atoms with E-state index in [0.717, 1.165) is 0 Å². The van der Waals surface area contributed by atoms with E-state index in [1.54, 1.807) is 6.92 Å². The van der Waals surface area contributed by atoms with E-state index in [-0.39, 0.29) is 22.9 Å². The van der Waals surface area contributed by atoms with Crippen LogP contribution >= 0.6 is 11.6 Å². The predicted octanol–water partition coefficient (Wildman–Crippen LogP) is 3.02. The Balaban J connectivity index is 2.95. The average molecular weight is 302 g/mol. The lowest BCUT2D eigenvalue weighted by Gasteiger charge is -2.17. The molecule has 0 aliphatic heterocycles. The second kappa shape index (κ2) is 6.70. The van der Waals surface area contributed by atoms with Crippen molar-refractivity contribution in [3.63, 3.8) is 0 Å². The van der Waals surface area contributed by atoms with Crippen LogP contribution in [-0.2, 0) is 4.79 Å². The monoisotopic (exact) mass is 301 g/mol. The number of benzene rings is 1. The van der Waals surface area contributed by atoms with Crippen molar-refractivity contribution in [3.8, 4) is 0 Å². The molecule has 0 aromatic heterocycles. The first-order valence-electron chi connectivity index (χ1n) is 6.22. The summed E-state index contributed by atoms with van der Waals surface area (Å²) in [5, 5.41) is 11.2. The van der Waals surface area contributed by atoms with Crippen LogP contribution in [0.25, 0.3) is 0 Å². The van der Waals surface area contributed by atoms with Crippen molar-refractivity contribution in [3.05, 3.63) is 34.1 Å². The lowest BCUT2D eigenvalue weighted by molar-refractivity contribution is -0.139. The van der Waals surface area contributed by atoms with Gasteiger partial charge in [0.05, 0.1) is 10.6 Å². The zero-order chi connectivity index (χ0) is 15.4. The van der Waals surface area contributed by atoms with Crippen molar-refractivity contribution in [2.24, 2.45) is 5.92 Å². The Morgan fingerprint density at radius 2 is 2.00 bits per heavy atom. The summed E-state index contributed by atoms with van der Waals surface area (Å²) in [6.45, 7) is 5.29. The topological polar surface area (TPSA) is 66.4 Å². The molecule has 0 aliphatic carbocycles. The Kier molecular flexibility index (Phi) is 5.51. The lowest BCUT2D eigenvalue weighted by Crippen LogP contribution is -2.42. The number of carbonyl (C=O) groups is 2. The second-order valence-corrected chi connectivity index (χ2v) is 5.43. The smallest absolute Gasteiger partial charge is 0.326 e. The molecule has 0 aliphatic rings. The summed E-state index contributed by atoms with van der Waals surface area (Å²) in [4.78, 5) is 23.0. The third kappa shape index (κ3) is 3.93. The number of hydrogen-bond acceptors (Lipinski definition) is 2. The van der Waals surface area contributed by atoms with Gasteiger partial charge in [0.15, 0.2) is 5.82 Å². The van der Waals surface area contributed by atoms with Crippen LogP contribution in [0, 0.1) is 18.7 Å². The molecule has 0 heterocycles. The number of carbonyl (C=O) groups excluding carboxylic acids is 1. The standard InChI is InChI=1S/C14H17ClFNO3/c1-7(2)6-10(14(19)20)17-13(18)9-5-4-8(3)11(15)12(9)16/h4-5,7,10H,6H2,1-3H3,(H,17,18)(H,19,20). The van der Waals surface area contributed by atoms with E-state index >= 15 is 0 Å². The molecule has 110 valence electrons. The van der Waals surface area contributed by atoms with Gasteiger partial charge in [0.2, 0.25) is 0 Å². The fourth-order valence-corrected chi connectivity index (χ4v) is 1.92. The predicted molar refractivity (Wildman–Crippen MR) is 74.5 cm³/mol.